The van der Waals surface area contributed by atoms with Crippen LogP contribution in [0.2, 0.25) is 0 Å². The van der Waals surface area contributed by atoms with Crippen molar-refractivity contribution in [2.75, 3.05) is 24.5 Å². The van der Waals surface area contributed by atoms with E-state index in [1.165, 1.54) is 62.4 Å². The van der Waals surface area contributed by atoms with E-state index in [4.69, 9.17) is 4.98 Å². The minimum Gasteiger partial charge on any atom is -0.348 e. The molecule has 106 valence electrons. The molecule has 1 aromatic rings. The van der Waals surface area contributed by atoms with Crippen LogP contribution in [0.25, 0.3) is 0 Å². The topological polar surface area (TPSA) is 28.2 Å². The number of hydrogen-bond acceptors (Lipinski definition) is 4. The molecule has 1 saturated heterocycles. The van der Waals surface area contributed by atoms with Gasteiger partial charge in [-0.05, 0) is 37.6 Å². The molecule has 0 amide bonds. The van der Waals surface area contributed by atoms with Crippen molar-refractivity contribution < 1.29 is 0 Å². The van der Waals surface area contributed by atoms with Gasteiger partial charge in [-0.3, -0.25) is 0 Å². The Hall–Kier alpha value is -0.610. The van der Waals surface area contributed by atoms with Crippen LogP contribution in [0.1, 0.15) is 51.1 Å². The third-order valence-electron chi connectivity index (χ3n) is 4.85. The van der Waals surface area contributed by atoms with Gasteiger partial charge < -0.3 is 10.2 Å². The monoisotopic (exact) mass is 279 g/mol. The Morgan fingerprint density at radius 2 is 2.00 bits per heavy atom. The molecule has 1 aliphatic heterocycles. The molecule has 0 bridgehead atoms. The second kappa shape index (κ2) is 5.80. The second-order valence-electron chi connectivity index (χ2n) is 6.10. The first-order valence-corrected chi connectivity index (χ1v) is 8.59. The van der Waals surface area contributed by atoms with Gasteiger partial charge in [-0.1, -0.05) is 19.8 Å². The summed E-state index contributed by atoms with van der Waals surface area (Å²) in [6.45, 7) is 6.49. The van der Waals surface area contributed by atoms with Crippen molar-refractivity contribution >= 4 is 16.5 Å². The SMILES string of the molecule is CCNCc1csc(N2CCC3(CCCC3)CC2)n1. The molecule has 2 aliphatic rings. The van der Waals surface area contributed by atoms with Crippen molar-refractivity contribution in [2.24, 2.45) is 5.41 Å². The van der Waals surface area contributed by atoms with Crippen molar-refractivity contribution in [1.29, 1.82) is 0 Å². The first kappa shape index (κ1) is 13.4. The Kier molecular flexibility index (Phi) is 4.08. The zero-order valence-corrected chi connectivity index (χ0v) is 12.8. The molecule has 1 saturated carbocycles. The molecule has 4 heteroatoms. The van der Waals surface area contributed by atoms with Crippen LogP contribution in [0.3, 0.4) is 0 Å². The van der Waals surface area contributed by atoms with E-state index in [0.29, 0.717) is 5.41 Å². The number of nitrogens with zero attached hydrogens (tertiary/aromatic N) is 2. The summed E-state index contributed by atoms with van der Waals surface area (Å²) in [6.07, 6.45) is 8.65. The first-order valence-electron chi connectivity index (χ1n) is 7.71. The zero-order chi connectivity index (χ0) is 13.1. The van der Waals surface area contributed by atoms with E-state index < -0.39 is 0 Å². The van der Waals surface area contributed by atoms with E-state index in [2.05, 4.69) is 22.5 Å². The molecule has 3 nitrogen and oxygen atoms in total. The van der Waals surface area contributed by atoms with Crippen LogP contribution in [-0.2, 0) is 6.54 Å². The van der Waals surface area contributed by atoms with Gasteiger partial charge in [0.05, 0.1) is 5.69 Å². The Balaban J connectivity index is 1.57. The molecule has 1 aliphatic carbocycles. The summed E-state index contributed by atoms with van der Waals surface area (Å²) in [5, 5.41) is 6.79. The van der Waals surface area contributed by atoms with Crippen LogP contribution >= 0.6 is 11.3 Å². The third-order valence-corrected chi connectivity index (χ3v) is 5.80. The lowest BCUT2D eigenvalue weighted by molar-refractivity contribution is 0.226. The maximum absolute atomic E-state index is 4.77. The molecule has 1 N–H and O–H groups in total. The standard InChI is InChI=1S/C15H25N3S/c1-2-16-11-13-12-19-14(17-13)18-9-7-15(8-10-18)5-3-4-6-15/h12,16H,2-11H2,1H3. The first-order chi connectivity index (χ1) is 9.31. The van der Waals surface area contributed by atoms with Gasteiger partial charge in [-0.25, -0.2) is 4.98 Å². The van der Waals surface area contributed by atoms with E-state index >= 15 is 0 Å². The average Bonchev–Trinajstić information content (AvgIpc) is 3.08. The summed E-state index contributed by atoms with van der Waals surface area (Å²) in [6, 6.07) is 0. The van der Waals surface area contributed by atoms with Crippen LogP contribution in [0, 0.1) is 5.41 Å². The molecule has 2 heterocycles. The highest BCUT2D eigenvalue weighted by Gasteiger charge is 2.37. The summed E-state index contributed by atoms with van der Waals surface area (Å²) >= 11 is 1.81. The molecule has 0 atom stereocenters. The Labute approximate surface area is 120 Å². The number of piperidine rings is 1. The highest BCUT2D eigenvalue weighted by atomic mass is 32.1. The molecule has 1 spiro atoms. The fourth-order valence-electron chi connectivity index (χ4n) is 3.57. The Morgan fingerprint density at radius 3 is 2.68 bits per heavy atom. The third kappa shape index (κ3) is 2.95. The van der Waals surface area contributed by atoms with Gasteiger partial charge in [0.25, 0.3) is 0 Å². The number of rotatable bonds is 4. The summed E-state index contributed by atoms with van der Waals surface area (Å²) in [5.74, 6) is 0. The van der Waals surface area contributed by atoms with E-state index in [1.54, 1.807) is 0 Å². The molecule has 3 rings (SSSR count). The summed E-state index contributed by atoms with van der Waals surface area (Å²) in [5.41, 5.74) is 1.91. The van der Waals surface area contributed by atoms with Crippen molar-refractivity contribution in [3.05, 3.63) is 11.1 Å². The number of thiazole rings is 1. The number of aromatic nitrogens is 1. The molecular formula is C15H25N3S. The highest BCUT2D eigenvalue weighted by Crippen LogP contribution is 2.46. The van der Waals surface area contributed by atoms with Gasteiger partial charge in [-0.15, -0.1) is 11.3 Å². The number of hydrogen-bond donors (Lipinski definition) is 1. The van der Waals surface area contributed by atoms with Gasteiger partial charge in [0.2, 0.25) is 0 Å². The number of anilines is 1. The van der Waals surface area contributed by atoms with Crippen molar-refractivity contribution in [1.82, 2.24) is 10.3 Å². The van der Waals surface area contributed by atoms with Gasteiger partial charge in [0.15, 0.2) is 5.13 Å². The van der Waals surface area contributed by atoms with Crippen LogP contribution in [-0.4, -0.2) is 24.6 Å². The predicted octanol–water partition coefficient (Wildman–Crippen LogP) is 3.41. The van der Waals surface area contributed by atoms with Crippen LogP contribution in [0.5, 0.6) is 0 Å². The Bertz CT molecular complexity index is 399. The van der Waals surface area contributed by atoms with E-state index in [0.717, 1.165) is 13.1 Å². The lowest BCUT2D eigenvalue weighted by Gasteiger charge is -2.39. The van der Waals surface area contributed by atoms with Crippen LogP contribution in [0.15, 0.2) is 5.38 Å². The van der Waals surface area contributed by atoms with Crippen LogP contribution in [0.4, 0.5) is 5.13 Å². The van der Waals surface area contributed by atoms with Crippen LogP contribution < -0.4 is 10.2 Å². The van der Waals surface area contributed by atoms with Crippen molar-refractivity contribution in [3.8, 4) is 0 Å². The minimum absolute atomic E-state index is 0.709. The molecule has 0 unspecified atom stereocenters. The summed E-state index contributed by atoms with van der Waals surface area (Å²) in [7, 11) is 0. The van der Waals surface area contributed by atoms with Gasteiger partial charge in [-0.2, -0.15) is 0 Å². The van der Waals surface area contributed by atoms with E-state index in [-0.39, 0.29) is 0 Å². The summed E-state index contributed by atoms with van der Waals surface area (Å²) < 4.78 is 0. The van der Waals surface area contributed by atoms with E-state index in [9.17, 15) is 0 Å². The van der Waals surface area contributed by atoms with Gasteiger partial charge >= 0.3 is 0 Å². The smallest absolute Gasteiger partial charge is 0.185 e. The van der Waals surface area contributed by atoms with E-state index in [1.807, 2.05) is 11.3 Å². The lowest BCUT2D eigenvalue weighted by atomic mass is 9.77. The molecule has 0 radical (unpaired) electrons. The molecular weight excluding hydrogens is 254 g/mol. The average molecular weight is 279 g/mol. The second-order valence-corrected chi connectivity index (χ2v) is 6.93. The fourth-order valence-corrected chi connectivity index (χ4v) is 4.45. The predicted molar refractivity (Wildman–Crippen MR) is 81.8 cm³/mol. The maximum Gasteiger partial charge on any atom is 0.185 e. The largest absolute Gasteiger partial charge is 0.348 e. The molecule has 2 fully saturated rings. The lowest BCUT2D eigenvalue weighted by Crippen LogP contribution is -2.38. The maximum atomic E-state index is 4.77. The zero-order valence-electron chi connectivity index (χ0n) is 12.0. The van der Waals surface area contributed by atoms with Gasteiger partial charge in [0, 0.05) is 25.0 Å². The summed E-state index contributed by atoms with van der Waals surface area (Å²) in [4.78, 5) is 7.27. The highest BCUT2D eigenvalue weighted by molar-refractivity contribution is 7.13. The van der Waals surface area contributed by atoms with Crippen molar-refractivity contribution in [2.45, 2.75) is 52.0 Å². The molecule has 19 heavy (non-hydrogen) atoms. The van der Waals surface area contributed by atoms with Crippen molar-refractivity contribution in [3.63, 3.8) is 0 Å². The fraction of sp³-hybridized carbons (Fsp3) is 0.800. The molecule has 0 aromatic carbocycles. The molecule has 1 aromatic heterocycles. The normalized spacial score (nSPS) is 22.3. The minimum atomic E-state index is 0.709. The Morgan fingerprint density at radius 1 is 1.26 bits per heavy atom. The van der Waals surface area contributed by atoms with Gasteiger partial charge in [0.1, 0.15) is 0 Å². The number of nitrogens with one attached hydrogen (secondary N) is 1. The quantitative estimate of drug-likeness (QED) is 0.915.